The lowest BCUT2D eigenvalue weighted by atomic mass is 9.70. The number of thioether (sulfide) groups is 1. The van der Waals surface area contributed by atoms with E-state index in [9.17, 15) is 0 Å². The lowest BCUT2D eigenvalue weighted by Gasteiger charge is -2.51. The van der Waals surface area contributed by atoms with Crippen LogP contribution in [0.1, 0.15) is 53.4 Å². The fourth-order valence-electron chi connectivity index (χ4n) is 3.24. The quantitative estimate of drug-likeness (QED) is 0.678. The molecule has 1 N–H and O–H groups in total. The highest BCUT2D eigenvalue weighted by Gasteiger charge is 2.45. The minimum atomic E-state index is 0.410. The Hall–Kier alpha value is 0.310. The SMILES string of the molecule is CC1CCSC2(CCC(C)(C)CC2C)N1. The molecule has 1 spiro atoms. The molecule has 2 heteroatoms. The summed E-state index contributed by atoms with van der Waals surface area (Å²) in [5.41, 5.74) is 0.563. The summed E-state index contributed by atoms with van der Waals surface area (Å²) in [5, 5.41) is 3.88. The minimum absolute atomic E-state index is 0.410. The van der Waals surface area contributed by atoms with Crippen LogP contribution in [-0.4, -0.2) is 16.7 Å². The van der Waals surface area contributed by atoms with E-state index in [1.54, 1.807) is 0 Å². The van der Waals surface area contributed by atoms with Crippen molar-refractivity contribution in [1.29, 1.82) is 0 Å². The van der Waals surface area contributed by atoms with Crippen molar-refractivity contribution in [2.75, 3.05) is 5.75 Å². The molecule has 15 heavy (non-hydrogen) atoms. The van der Waals surface area contributed by atoms with Crippen molar-refractivity contribution in [1.82, 2.24) is 5.32 Å². The summed E-state index contributed by atoms with van der Waals surface area (Å²) in [6.07, 6.45) is 5.45. The van der Waals surface area contributed by atoms with E-state index in [4.69, 9.17) is 0 Å². The number of rotatable bonds is 0. The summed E-state index contributed by atoms with van der Waals surface area (Å²) >= 11 is 2.19. The minimum Gasteiger partial charge on any atom is -0.300 e. The molecule has 1 saturated carbocycles. The zero-order valence-corrected chi connectivity index (χ0v) is 11.4. The Morgan fingerprint density at radius 2 is 1.93 bits per heavy atom. The maximum Gasteiger partial charge on any atom is 0.0673 e. The molecule has 1 nitrogen and oxygen atoms in total. The van der Waals surface area contributed by atoms with Gasteiger partial charge in [0, 0.05) is 6.04 Å². The van der Waals surface area contributed by atoms with Gasteiger partial charge in [-0.3, -0.25) is 0 Å². The Kier molecular flexibility index (Phi) is 3.11. The van der Waals surface area contributed by atoms with Crippen molar-refractivity contribution in [3.05, 3.63) is 0 Å². The van der Waals surface area contributed by atoms with Crippen molar-refractivity contribution in [2.24, 2.45) is 11.3 Å². The first-order chi connectivity index (χ1) is 6.94. The van der Waals surface area contributed by atoms with E-state index in [-0.39, 0.29) is 0 Å². The molecule has 1 heterocycles. The van der Waals surface area contributed by atoms with Crippen LogP contribution in [0.3, 0.4) is 0 Å². The van der Waals surface area contributed by atoms with E-state index >= 15 is 0 Å². The average Bonchev–Trinajstić information content (AvgIpc) is 2.12. The monoisotopic (exact) mass is 227 g/mol. The van der Waals surface area contributed by atoms with E-state index < -0.39 is 0 Å². The molecule has 1 aliphatic carbocycles. The first kappa shape index (κ1) is 11.8. The first-order valence-electron chi connectivity index (χ1n) is 6.35. The van der Waals surface area contributed by atoms with Crippen molar-refractivity contribution in [3.8, 4) is 0 Å². The number of nitrogens with one attached hydrogen (secondary N) is 1. The standard InChI is InChI=1S/C13H25NS/c1-10-9-12(3,4)6-7-13(10)14-11(2)5-8-15-13/h10-11,14H,5-9H2,1-4H3. The highest BCUT2D eigenvalue weighted by atomic mass is 32.2. The van der Waals surface area contributed by atoms with Gasteiger partial charge in [0.05, 0.1) is 4.87 Å². The molecule has 0 aromatic carbocycles. The molecule has 3 unspecified atom stereocenters. The van der Waals surface area contributed by atoms with Crippen LogP contribution < -0.4 is 5.32 Å². The molecular formula is C13H25NS. The van der Waals surface area contributed by atoms with Gasteiger partial charge in [-0.15, -0.1) is 11.8 Å². The molecule has 0 amide bonds. The predicted octanol–water partition coefficient (Wildman–Crippen LogP) is 3.64. The van der Waals surface area contributed by atoms with Crippen LogP contribution >= 0.6 is 11.8 Å². The van der Waals surface area contributed by atoms with Gasteiger partial charge in [0.25, 0.3) is 0 Å². The predicted molar refractivity (Wildman–Crippen MR) is 69.2 cm³/mol. The van der Waals surface area contributed by atoms with Crippen LogP contribution in [0.25, 0.3) is 0 Å². The van der Waals surface area contributed by atoms with E-state index in [1.807, 2.05) is 0 Å². The van der Waals surface area contributed by atoms with E-state index in [0.717, 1.165) is 12.0 Å². The third-order valence-electron chi connectivity index (χ3n) is 4.23. The van der Waals surface area contributed by atoms with Crippen LogP contribution in [-0.2, 0) is 0 Å². The van der Waals surface area contributed by atoms with Gasteiger partial charge in [-0.2, -0.15) is 0 Å². The molecule has 0 aromatic heterocycles. The lowest BCUT2D eigenvalue weighted by molar-refractivity contribution is 0.120. The largest absolute Gasteiger partial charge is 0.300 e. The molecule has 2 fully saturated rings. The molecular weight excluding hydrogens is 202 g/mol. The summed E-state index contributed by atoms with van der Waals surface area (Å²) < 4.78 is 0. The van der Waals surface area contributed by atoms with Crippen LogP contribution in [0.15, 0.2) is 0 Å². The Bertz CT molecular complexity index is 239. The van der Waals surface area contributed by atoms with Gasteiger partial charge in [0.2, 0.25) is 0 Å². The molecule has 2 aliphatic rings. The van der Waals surface area contributed by atoms with Gasteiger partial charge in [-0.05, 0) is 49.7 Å². The Labute approximate surface area is 98.8 Å². The van der Waals surface area contributed by atoms with E-state index in [1.165, 1.54) is 31.4 Å². The molecule has 3 atom stereocenters. The smallest absolute Gasteiger partial charge is 0.0673 e. The third-order valence-corrected chi connectivity index (χ3v) is 5.91. The van der Waals surface area contributed by atoms with Crippen molar-refractivity contribution >= 4 is 11.8 Å². The summed E-state index contributed by atoms with van der Waals surface area (Å²) in [6.45, 7) is 9.63. The number of hydrogen-bond donors (Lipinski definition) is 1. The van der Waals surface area contributed by atoms with Gasteiger partial charge in [-0.25, -0.2) is 0 Å². The first-order valence-corrected chi connectivity index (χ1v) is 7.34. The molecule has 0 radical (unpaired) electrons. The fourth-order valence-corrected chi connectivity index (χ4v) is 4.98. The summed E-state index contributed by atoms with van der Waals surface area (Å²) in [7, 11) is 0. The summed E-state index contributed by atoms with van der Waals surface area (Å²) in [4.78, 5) is 0.410. The van der Waals surface area contributed by atoms with Crippen LogP contribution in [0.2, 0.25) is 0 Å². The highest BCUT2D eigenvalue weighted by Crippen LogP contribution is 2.50. The molecule has 1 saturated heterocycles. The molecule has 0 bridgehead atoms. The zero-order chi connectivity index (χ0) is 11.1. The van der Waals surface area contributed by atoms with Gasteiger partial charge >= 0.3 is 0 Å². The molecule has 88 valence electrons. The maximum absolute atomic E-state index is 3.88. The average molecular weight is 227 g/mol. The van der Waals surface area contributed by atoms with Gasteiger partial charge in [0.15, 0.2) is 0 Å². The van der Waals surface area contributed by atoms with E-state index in [2.05, 4.69) is 44.8 Å². The lowest BCUT2D eigenvalue weighted by Crippen LogP contribution is -2.57. The van der Waals surface area contributed by atoms with Crippen LogP contribution in [0, 0.1) is 11.3 Å². The topological polar surface area (TPSA) is 12.0 Å². The van der Waals surface area contributed by atoms with Crippen LogP contribution in [0.5, 0.6) is 0 Å². The van der Waals surface area contributed by atoms with E-state index in [0.29, 0.717) is 10.3 Å². The third kappa shape index (κ3) is 2.36. The Morgan fingerprint density at radius 3 is 2.53 bits per heavy atom. The second kappa shape index (κ2) is 3.96. The molecule has 1 aliphatic heterocycles. The second-order valence-electron chi connectivity index (χ2n) is 6.34. The summed E-state index contributed by atoms with van der Waals surface area (Å²) in [6, 6.07) is 0.718. The number of hydrogen-bond acceptors (Lipinski definition) is 2. The Balaban J connectivity index is 2.09. The molecule has 2 rings (SSSR count). The second-order valence-corrected chi connectivity index (χ2v) is 7.77. The zero-order valence-electron chi connectivity index (χ0n) is 10.6. The van der Waals surface area contributed by atoms with Crippen molar-refractivity contribution in [3.63, 3.8) is 0 Å². The normalized spacial score (nSPS) is 45.6. The van der Waals surface area contributed by atoms with Gasteiger partial charge < -0.3 is 5.32 Å². The molecule has 0 aromatic rings. The van der Waals surface area contributed by atoms with Crippen molar-refractivity contribution < 1.29 is 0 Å². The Morgan fingerprint density at radius 1 is 1.20 bits per heavy atom. The van der Waals surface area contributed by atoms with Crippen LogP contribution in [0.4, 0.5) is 0 Å². The van der Waals surface area contributed by atoms with Crippen molar-refractivity contribution in [2.45, 2.75) is 64.3 Å². The highest BCUT2D eigenvalue weighted by molar-refractivity contribution is 8.00. The van der Waals surface area contributed by atoms with Gasteiger partial charge in [0.1, 0.15) is 0 Å². The maximum atomic E-state index is 3.88. The fraction of sp³-hybridized carbons (Fsp3) is 1.00. The van der Waals surface area contributed by atoms with Gasteiger partial charge in [-0.1, -0.05) is 20.8 Å². The summed E-state index contributed by atoms with van der Waals surface area (Å²) in [5.74, 6) is 2.16.